The van der Waals surface area contributed by atoms with Gasteiger partial charge in [0.2, 0.25) is 0 Å². The van der Waals surface area contributed by atoms with E-state index >= 15 is 0 Å². The fraction of sp³-hybridized carbons (Fsp3) is 0.417. The topological polar surface area (TPSA) is 55.4 Å². The molecule has 3 rings (SSSR count). The summed E-state index contributed by atoms with van der Waals surface area (Å²) in [5, 5.41) is 3.00. The minimum absolute atomic E-state index is 0.176. The number of benzene rings is 2. The van der Waals surface area contributed by atoms with Crippen LogP contribution < -0.4 is 5.32 Å². The van der Waals surface area contributed by atoms with Gasteiger partial charge >= 0.3 is 12.1 Å². The lowest BCUT2D eigenvalue weighted by Crippen LogP contribution is -2.30. The summed E-state index contributed by atoms with van der Waals surface area (Å²) in [4.78, 5) is 24.5. The van der Waals surface area contributed by atoms with Gasteiger partial charge < -0.3 is 10.1 Å². The second-order valence-corrected chi connectivity index (χ2v) is 7.94. The van der Waals surface area contributed by atoms with E-state index in [1.165, 1.54) is 19.2 Å². The van der Waals surface area contributed by atoms with Crippen molar-refractivity contribution in [3.05, 3.63) is 70.8 Å². The normalized spacial score (nSPS) is 18.9. The lowest BCUT2D eigenvalue weighted by Gasteiger charge is -2.20. The van der Waals surface area contributed by atoms with Crippen molar-refractivity contribution < 1.29 is 27.5 Å². The van der Waals surface area contributed by atoms with E-state index in [0.717, 1.165) is 43.4 Å². The van der Waals surface area contributed by atoms with Crippen LogP contribution in [0.4, 0.5) is 13.2 Å². The lowest BCUT2D eigenvalue weighted by molar-refractivity contribution is -0.137. The molecule has 0 radical (unpaired) electrons. The van der Waals surface area contributed by atoms with Crippen LogP contribution in [-0.2, 0) is 10.9 Å². The number of amides is 1. The van der Waals surface area contributed by atoms with E-state index in [-0.39, 0.29) is 17.5 Å². The van der Waals surface area contributed by atoms with Crippen molar-refractivity contribution in [3.63, 3.8) is 0 Å². The molecule has 1 aliphatic carbocycles. The third kappa shape index (κ3) is 5.66. The second-order valence-electron chi connectivity index (χ2n) is 7.94. The molecule has 1 amide bonds. The first-order chi connectivity index (χ1) is 14.7. The van der Waals surface area contributed by atoms with Crippen LogP contribution in [0.15, 0.2) is 48.5 Å². The number of carbonyl (C=O) groups excluding carboxylic acids is 2. The highest BCUT2D eigenvalue weighted by Gasteiger charge is 2.43. The summed E-state index contributed by atoms with van der Waals surface area (Å²) in [7, 11) is 1.31. The number of methoxy groups -OCH3 is 1. The maximum atomic E-state index is 12.8. The first-order valence-corrected chi connectivity index (χ1v) is 10.4. The van der Waals surface area contributed by atoms with Crippen molar-refractivity contribution in [1.82, 2.24) is 5.32 Å². The van der Waals surface area contributed by atoms with Gasteiger partial charge in [0.15, 0.2) is 0 Å². The molecule has 0 bridgehead atoms. The van der Waals surface area contributed by atoms with E-state index in [1.807, 2.05) is 0 Å². The molecular weight excluding hydrogens is 407 g/mol. The Morgan fingerprint density at radius 1 is 1.06 bits per heavy atom. The smallest absolute Gasteiger partial charge is 0.416 e. The molecule has 1 unspecified atom stereocenters. The monoisotopic (exact) mass is 433 g/mol. The van der Waals surface area contributed by atoms with Crippen LogP contribution in [0.2, 0.25) is 0 Å². The summed E-state index contributed by atoms with van der Waals surface area (Å²) in [6.07, 6.45) is -0.175. The molecule has 7 heteroatoms. The molecular formula is C24H26F3NO3. The Kier molecular flexibility index (Phi) is 7.03. The Morgan fingerprint density at radius 2 is 1.68 bits per heavy atom. The molecule has 1 N–H and O–H groups in total. The quantitative estimate of drug-likeness (QED) is 0.536. The summed E-state index contributed by atoms with van der Waals surface area (Å²) >= 11 is 0. The number of ether oxygens (including phenoxy) is 1. The number of alkyl halides is 3. The molecule has 2 aromatic rings. The molecule has 1 fully saturated rings. The number of hydrogen-bond donors (Lipinski definition) is 1. The van der Waals surface area contributed by atoms with Crippen molar-refractivity contribution in [2.75, 3.05) is 7.11 Å². The number of rotatable bonds is 8. The molecule has 0 saturated heterocycles. The third-order valence-corrected chi connectivity index (χ3v) is 5.79. The third-order valence-electron chi connectivity index (χ3n) is 5.79. The number of carbonyl (C=O) groups is 2. The van der Waals surface area contributed by atoms with Gasteiger partial charge in [0, 0.05) is 5.56 Å². The lowest BCUT2D eigenvalue weighted by atomic mass is 9.97. The zero-order valence-electron chi connectivity index (χ0n) is 17.5. The average Bonchev–Trinajstić information content (AvgIpc) is 3.54. The molecule has 31 heavy (non-hydrogen) atoms. The highest BCUT2D eigenvalue weighted by molar-refractivity contribution is 5.94. The number of hydrogen-bond acceptors (Lipinski definition) is 3. The van der Waals surface area contributed by atoms with E-state index in [1.54, 1.807) is 24.3 Å². The minimum Gasteiger partial charge on any atom is -0.465 e. The number of nitrogens with one attached hydrogen (secondary N) is 1. The Labute approximate surface area is 179 Å². The molecule has 1 aliphatic rings. The van der Waals surface area contributed by atoms with Gasteiger partial charge in [-0.25, -0.2) is 4.79 Å². The van der Waals surface area contributed by atoms with Crippen molar-refractivity contribution in [2.45, 2.75) is 44.8 Å². The van der Waals surface area contributed by atoms with Gasteiger partial charge in [-0.3, -0.25) is 4.79 Å². The summed E-state index contributed by atoms with van der Waals surface area (Å²) in [6, 6.07) is 10.8. The zero-order chi connectivity index (χ0) is 22.6. The van der Waals surface area contributed by atoms with Crippen molar-refractivity contribution in [2.24, 2.45) is 11.8 Å². The predicted molar refractivity (Wildman–Crippen MR) is 111 cm³/mol. The zero-order valence-corrected chi connectivity index (χ0v) is 17.5. The molecule has 0 aromatic heterocycles. The number of esters is 1. The van der Waals surface area contributed by atoms with Crippen LogP contribution >= 0.6 is 0 Å². The standard InChI is InChI=1S/C24H26F3NO3/c1-3-4-5-18-14-20(18)21(15-6-8-17(9-7-15)23(30)31-2)28-22(29)16-10-12-19(13-11-16)24(25,26)27/h6-13,18,20-21H,3-5,14H2,1-2H3,(H,28,29)/t18-,20+,21?/m1/s1. The average molecular weight is 433 g/mol. The van der Waals surface area contributed by atoms with Crippen LogP contribution in [0, 0.1) is 11.8 Å². The van der Waals surface area contributed by atoms with Crippen LogP contribution in [0.25, 0.3) is 0 Å². The van der Waals surface area contributed by atoms with Crippen LogP contribution in [-0.4, -0.2) is 19.0 Å². The molecule has 0 heterocycles. The van der Waals surface area contributed by atoms with Crippen LogP contribution in [0.1, 0.15) is 70.5 Å². The fourth-order valence-corrected chi connectivity index (χ4v) is 3.89. The summed E-state index contributed by atoms with van der Waals surface area (Å²) in [5.74, 6) is -0.104. The maximum absolute atomic E-state index is 12.8. The molecule has 0 aliphatic heterocycles. The number of unbranched alkanes of at least 4 members (excludes halogenated alkanes) is 1. The van der Waals surface area contributed by atoms with Crippen molar-refractivity contribution >= 4 is 11.9 Å². The van der Waals surface area contributed by atoms with Gasteiger partial charge in [-0.15, -0.1) is 0 Å². The molecule has 4 nitrogen and oxygen atoms in total. The Hall–Kier alpha value is -2.83. The van der Waals surface area contributed by atoms with Gasteiger partial charge in [-0.05, 0) is 60.2 Å². The van der Waals surface area contributed by atoms with Crippen LogP contribution in [0.5, 0.6) is 0 Å². The second kappa shape index (κ2) is 9.54. The Bertz CT molecular complexity index is 907. The Morgan fingerprint density at radius 3 is 2.23 bits per heavy atom. The van der Waals surface area contributed by atoms with E-state index in [0.29, 0.717) is 11.5 Å². The predicted octanol–water partition coefficient (Wildman–Crippen LogP) is 5.79. The molecule has 1 saturated carbocycles. The first kappa shape index (κ1) is 22.8. The molecule has 166 valence electrons. The first-order valence-electron chi connectivity index (χ1n) is 10.4. The number of halogens is 3. The largest absolute Gasteiger partial charge is 0.465 e. The van der Waals surface area contributed by atoms with Gasteiger partial charge in [-0.2, -0.15) is 13.2 Å². The van der Waals surface area contributed by atoms with E-state index in [9.17, 15) is 22.8 Å². The molecule has 0 spiro atoms. The van der Waals surface area contributed by atoms with Gasteiger partial charge in [-0.1, -0.05) is 38.3 Å². The van der Waals surface area contributed by atoms with Crippen molar-refractivity contribution in [3.8, 4) is 0 Å². The highest BCUT2D eigenvalue weighted by Crippen LogP contribution is 2.50. The van der Waals surface area contributed by atoms with E-state index in [4.69, 9.17) is 4.74 Å². The van der Waals surface area contributed by atoms with Gasteiger partial charge in [0.25, 0.3) is 5.91 Å². The SMILES string of the molecule is CCCC[C@@H]1C[C@@H]1C(NC(=O)c1ccc(C(F)(F)F)cc1)c1ccc(C(=O)OC)cc1. The Balaban J connectivity index is 1.78. The fourth-order valence-electron chi connectivity index (χ4n) is 3.89. The van der Waals surface area contributed by atoms with Gasteiger partial charge in [0.1, 0.15) is 0 Å². The molecule has 2 aromatic carbocycles. The highest BCUT2D eigenvalue weighted by atomic mass is 19.4. The minimum atomic E-state index is -4.45. The summed E-state index contributed by atoms with van der Waals surface area (Å²) in [5.41, 5.74) is 0.657. The summed E-state index contributed by atoms with van der Waals surface area (Å²) < 4.78 is 43.1. The maximum Gasteiger partial charge on any atom is 0.416 e. The van der Waals surface area contributed by atoms with E-state index in [2.05, 4.69) is 12.2 Å². The van der Waals surface area contributed by atoms with E-state index < -0.39 is 23.6 Å². The molecule has 3 atom stereocenters. The van der Waals surface area contributed by atoms with Crippen LogP contribution in [0.3, 0.4) is 0 Å². The van der Waals surface area contributed by atoms with Gasteiger partial charge in [0.05, 0.1) is 24.3 Å². The summed E-state index contributed by atoms with van der Waals surface area (Å²) in [6.45, 7) is 2.13. The van der Waals surface area contributed by atoms with Crippen molar-refractivity contribution in [1.29, 1.82) is 0 Å².